The molecule has 0 N–H and O–H groups in total. The Kier molecular flexibility index (Phi) is 9.61. The van der Waals surface area contributed by atoms with E-state index in [1.165, 1.54) is 139 Å². The maximum absolute atomic E-state index is 5.24. The van der Waals surface area contributed by atoms with Crippen LogP contribution in [-0.2, 0) is 17.3 Å². The number of nitrogens with zero attached hydrogens (tertiary/aromatic N) is 4. The van der Waals surface area contributed by atoms with E-state index in [0.29, 0.717) is 17.5 Å². The molecule has 0 amide bonds. The van der Waals surface area contributed by atoms with Crippen LogP contribution in [0, 0.1) is 0 Å². The predicted octanol–water partition coefficient (Wildman–Crippen LogP) is 19.9. The maximum atomic E-state index is 5.24. The minimum Gasteiger partial charge on any atom is -0.309 e. The van der Waals surface area contributed by atoms with Gasteiger partial charge in [-0.25, -0.2) is 15.0 Å². The van der Waals surface area contributed by atoms with Gasteiger partial charge in [0.1, 0.15) is 0 Å². The van der Waals surface area contributed by atoms with Crippen molar-refractivity contribution in [2.45, 2.75) is 17.3 Å². The second-order valence-corrected chi connectivity index (χ2v) is 24.4. The molecule has 20 rings (SSSR count). The topological polar surface area (TPSA) is 43.6 Å². The van der Waals surface area contributed by atoms with Crippen LogP contribution in [0.2, 0.25) is 0 Å². The number of fused-ring (bicyclic) bond motifs is 28. The lowest BCUT2D eigenvalue weighted by Crippen LogP contribution is -2.25. The molecule has 0 fully saturated rings. The van der Waals surface area contributed by atoms with Crippen LogP contribution in [0.3, 0.4) is 0 Å². The number of aromatic nitrogens is 4. The van der Waals surface area contributed by atoms with Gasteiger partial charge in [0.05, 0.1) is 21.9 Å². The van der Waals surface area contributed by atoms with Crippen LogP contribution >= 0.6 is 0 Å². The van der Waals surface area contributed by atoms with E-state index in [0.717, 1.165) is 34.3 Å². The van der Waals surface area contributed by atoms with Crippen molar-refractivity contribution in [1.82, 2.24) is 19.5 Å². The molecule has 13 aromatic carbocycles. The van der Waals surface area contributed by atoms with E-state index in [4.69, 9.17) is 15.0 Å². The molecule has 2 heterocycles. The minimum absolute atomic E-state index is 0.372. The second-order valence-electron chi connectivity index (χ2n) is 24.4. The lowest BCUT2D eigenvalue weighted by Gasteiger charge is -2.30. The quantitative estimate of drug-likeness (QED) is 0.172. The molecule has 0 unspecified atom stereocenters. The molecule has 406 valence electrons. The molecule has 4 heteroatoms. The average Bonchev–Trinajstić information content (AvgIpc) is 1.52. The predicted molar refractivity (Wildman–Crippen MR) is 357 cm³/mol. The molecule has 0 aliphatic heterocycles. The molecular formula is C84H50N4. The lowest BCUT2D eigenvalue weighted by molar-refractivity contribution is 0.793. The van der Waals surface area contributed by atoms with Gasteiger partial charge in [-0.15, -0.1) is 0 Å². The van der Waals surface area contributed by atoms with Gasteiger partial charge >= 0.3 is 0 Å². The fourth-order valence-electron chi connectivity index (χ4n) is 16.9. The summed E-state index contributed by atoms with van der Waals surface area (Å²) in [6, 6.07) is 108. The third-order valence-corrected chi connectivity index (χ3v) is 20.3. The summed E-state index contributed by atoms with van der Waals surface area (Å²) in [6.45, 7) is 0. The van der Waals surface area contributed by atoms with Crippen LogP contribution in [0.25, 0.3) is 128 Å². The summed E-state index contributed by atoms with van der Waals surface area (Å²) in [5, 5.41) is 2.40. The molecular weight excluding hydrogens is 1060 g/mol. The molecule has 0 radical (unpaired) electrons. The van der Waals surface area contributed by atoms with Gasteiger partial charge in [0.15, 0.2) is 17.5 Å². The molecule has 0 saturated carbocycles. The highest BCUT2D eigenvalue weighted by atomic mass is 15.0. The Labute approximate surface area is 509 Å². The molecule has 88 heavy (non-hydrogen) atoms. The third-order valence-electron chi connectivity index (χ3n) is 20.3. The largest absolute Gasteiger partial charge is 0.309 e. The zero-order chi connectivity index (χ0) is 57.4. The van der Waals surface area contributed by atoms with Crippen molar-refractivity contribution in [2.75, 3.05) is 0 Å². The van der Waals surface area contributed by atoms with Crippen molar-refractivity contribution in [3.8, 4) is 107 Å². The first-order valence-electron chi connectivity index (χ1n) is 30.6. The summed E-state index contributed by atoms with van der Waals surface area (Å²) in [4.78, 5) is 15.5. The highest BCUT2D eigenvalue weighted by Gasteiger charge is 2.54. The Morgan fingerprint density at radius 1 is 0.273 bits per heavy atom. The first kappa shape index (κ1) is 48.0. The number of hydrogen-bond acceptors (Lipinski definition) is 3. The molecule has 4 nitrogen and oxygen atoms in total. The normalized spacial score (nSPS) is 14.0. The maximum Gasteiger partial charge on any atom is 0.164 e. The second kappa shape index (κ2) is 17.6. The Bertz CT molecular complexity index is 5410. The van der Waals surface area contributed by atoms with Gasteiger partial charge in [-0.1, -0.05) is 261 Å². The van der Waals surface area contributed by atoms with Crippen LogP contribution in [0.5, 0.6) is 0 Å². The van der Waals surface area contributed by atoms with Crippen molar-refractivity contribution in [3.63, 3.8) is 0 Å². The monoisotopic (exact) mass is 1110 g/mol. The zero-order valence-electron chi connectivity index (χ0n) is 47.7. The first-order valence-corrected chi connectivity index (χ1v) is 30.6. The van der Waals surface area contributed by atoms with E-state index in [9.17, 15) is 0 Å². The van der Waals surface area contributed by atoms with Crippen LogP contribution in [0.1, 0.15) is 55.6 Å². The first-order chi connectivity index (χ1) is 43.6. The smallest absolute Gasteiger partial charge is 0.164 e. The number of benzene rings is 13. The standard InChI is InChI=1S/C84H50N4/c1-3-20-50(21-4-1)80-85-81(51-22-5-2-6-23-51)87-82(86-80)55-24-19-25-56(46-55)88-76-45-40-53(48-66(76)62-42-44-75-78(79(62)88)64-31-12-18-37-73(64)84(75)70-34-15-9-28-60(70)61-29-10-16-35-71(61)84)52-38-39-54-49-67-57(65(54)47-52)41-43-74-77(67)63-30-11-17-36-72(63)83(74)68-32-13-7-26-58(68)59-27-8-14-33-69(59)83/h1-48H,49H2. The summed E-state index contributed by atoms with van der Waals surface area (Å²) in [7, 11) is 0. The van der Waals surface area contributed by atoms with Crippen LogP contribution < -0.4 is 0 Å². The summed E-state index contributed by atoms with van der Waals surface area (Å²) in [5.41, 5.74) is 34.4. The van der Waals surface area contributed by atoms with Crippen molar-refractivity contribution in [2.24, 2.45) is 0 Å². The van der Waals surface area contributed by atoms with Gasteiger partial charge in [-0.05, 0) is 154 Å². The van der Waals surface area contributed by atoms with Crippen LogP contribution in [0.4, 0.5) is 0 Å². The molecule has 2 spiro atoms. The van der Waals surface area contributed by atoms with E-state index in [-0.39, 0.29) is 5.41 Å². The lowest BCUT2D eigenvalue weighted by atomic mass is 9.70. The molecule has 15 aromatic rings. The van der Waals surface area contributed by atoms with Crippen molar-refractivity contribution >= 4 is 21.8 Å². The summed E-state index contributed by atoms with van der Waals surface area (Å²) in [5.74, 6) is 1.89. The highest BCUT2D eigenvalue weighted by molar-refractivity contribution is 6.17. The average molecular weight is 1120 g/mol. The van der Waals surface area contributed by atoms with Crippen molar-refractivity contribution in [3.05, 3.63) is 347 Å². The third kappa shape index (κ3) is 6.15. The van der Waals surface area contributed by atoms with Crippen LogP contribution in [0.15, 0.2) is 291 Å². The Balaban J connectivity index is 0.794. The summed E-state index contributed by atoms with van der Waals surface area (Å²) in [6.07, 6.45) is 0.891. The van der Waals surface area contributed by atoms with Crippen molar-refractivity contribution in [1.29, 1.82) is 0 Å². The van der Waals surface area contributed by atoms with Gasteiger partial charge in [0.2, 0.25) is 0 Å². The van der Waals surface area contributed by atoms with E-state index >= 15 is 0 Å². The van der Waals surface area contributed by atoms with Gasteiger partial charge in [-0.2, -0.15) is 0 Å². The van der Waals surface area contributed by atoms with Gasteiger partial charge < -0.3 is 4.57 Å². The molecule has 5 aliphatic carbocycles. The zero-order valence-corrected chi connectivity index (χ0v) is 47.7. The SMILES string of the molecule is c1ccc(-c2nc(-c3ccccc3)nc(-c3cccc(-n4c5ccc(-c6ccc7c(c6)-c6ccc8c(c6C7)-c6ccccc6C86c7ccccc7-c7ccccc76)cc5c5ccc6c(c54)-c4ccccc4C64c5ccccc5-c5ccccc54)c3)n2)cc1. The molecule has 2 aromatic heterocycles. The van der Waals surface area contributed by atoms with E-state index in [1.807, 2.05) is 36.4 Å². The number of hydrogen-bond donors (Lipinski definition) is 0. The molecule has 0 saturated heterocycles. The molecule has 5 aliphatic rings. The summed E-state index contributed by atoms with van der Waals surface area (Å²) < 4.78 is 2.53. The van der Waals surface area contributed by atoms with Crippen molar-refractivity contribution < 1.29 is 0 Å². The van der Waals surface area contributed by atoms with Gasteiger partial charge in [-0.3, -0.25) is 0 Å². The number of rotatable bonds is 5. The molecule has 0 bridgehead atoms. The van der Waals surface area contributed by atoms with Crippen LogP contribution in [-0.4, -0.2) is 19.5 Å². The van der Waals surface area contributed by atoms with Gasteiger partial charge in [0, 0.05) is 38.7 Å². The van der Waals surface area contributed by atoms with E-state index in [2.05, 4.69) is 259 Å². The fraction of sp³-hybridized carbons (Fsp3) is 0.0357. The molecule has 0 atom stereocenters. The minimum atomic E-state index is -0.510. The van der Waals surface area contributed by atoms with E-state index < -0.39 is 5.41 Å². The Hall–Kier alpha value is -11.3. The highest BCUT2D eigenvalue weighted by Crippen LogP contribution is 2.66. The van der Waals surface area contributed by atoms with Gasteiger partial charge in [0.25, 0.3) is 0 Å². The Morgan fingerprint density at radius 3 is 1.28 bits per heavy atom. The Morgan fingerprint density at radius 2 is 0.716 bits per heavy atom. The van der Waals surface area contributed by atoms with E-state index in [1.54, 1.807) is 0 Å². The summed E-state index contributed by atoms with van der Waals surface area (Å²) >= 11 is 0. The fourth-order valence-corrected chi connectivity index (χ4v) is 16.9.